The zero-order valence-electron chi connectivity index (χ0n) is 12.9. The van der Waals surface area contributed by atoms with Crippen LogP contribution in [-0.2, 0) is 30.8 Å². The minimum Gasteiger partial charge on any atom is -0.466 e. The van der Waals surface area contributed by atoms with Gasteiger partial charge in [-0.25, -0.2) is 13.6 Å². The van der Waals surface area contributed by atoms with E-state index in [-0.39, 0.29) is 42.9 Å². The van der Waals surface area contributed by atoms with Crippen LogP contribution in [0.1, 0.15) is 18.9 Å². The number of carbonyl (C=O) groups excluding carboxylic acids is 2. The number of benzene rings is 1. The largest absolute Gasteiger partial charge is 0.466 e. The van der Waals surface area contributed by atoms with Gasteiger partial charge in [-0.15, -0.1) is 0 Å². The third kappa shape index (κ3) is 4.77. The summed E-state index contributed by atoms with van der Waals surface area (Å²) in [5, 5.41) is 5.06. The molecule has 1 saturated heterocycles. The fourth-order valence-corrected chi connectivity index (χ4v) is 3.63. The van der Waals surface area contributed by atoms with Crippen LogP contribution in [0.15, 0.2) is 24.3 Å². The number of hydrogen-bond acceptors (Lipinski definition) is 5. The first-order valence-electron chi connectivity index (χ1n) is 7.34. The van der Waals surface area contributed by atoms with E-state index in [0.717, 1.165) is 0 Å². The lowest BCUT2D eigenvalue weighted by Crippen LogP contribution is -2.28. The van der Waals surface area contributed by atoms with E-state index in [4.69, 9.17) is 9.88 Å². The molecule has 8 heteroatoms. The van der Waals surface area contributed by atoms with Crippen molar-refractivity contribution in [1.29, 1.82) is 0 Å². The molecule has 0 aromatic heterocycles. The summed E-state index contributed by atoms with van der Waals surface area (Å²) < 4.78 is 27.4. The van der Waals surface area contributed by atoms with Crippen LogP contribution in [0.3, 0.4) is 0 Å². The third-order valence-electron chi connectivity index (χ3n) is 3.60. The number of anilines is 1. The van der Waals surface area contributed by atoms with Crippen molar-refractivity contribution in [1.82, 2.24) is 0 Å². The molecule has 0 bridgehead atoms. The highest BCUT2D eigenvalue weighted by Gasteiger charge is 2.33. The van der Waals surface area contributed by atoms with Gasteiger partial charge in [-0.3, -0.25) is 9.59 Å². The summed E-state index contributed by atoms with van der Waals surface area (Å²) in [4.78, 5) is 25.4. The van der Waals surface area contributed by atoms with Crippen molar-refractivity contribution in [3.8, 4) is 0 Å². The highest BCUT2D eigenvalue weighted by Crippen LogP contribution is 2.29. The minimum absolute atomic E-state index is 0.0631. The van der Waals surface area contributed by atoms with Crippen LogP contribution in [0.2, 0.25) is 0 Å². The van der Waals surface area contributed by atoms with Crippen LogP contribution < -0.4 is 10.0 Å². The summed E-state index contributed by atoms with van der Waals surface area (Å²) in [5.41, 5.74) is 1.29. The first-order chi connectivity index (χ1) is 10.8. The summed E-state index contributed by atoms with van der Waals surface area (Å²) >= 11 is 0. The van der Waals surface area contributed by atoms with Crippen LogP contribution >= 0.6 is 0 Å². The molecule has 1 unspecified atom stereocenters. The van der Waals surface area contributed by atoms with E-state index in [1.54, 1.807) is 31.2 Å². The van der Waals surface area contributed by atoms with Gasteiger partial charge < -0.3 is 9.64 Å². The highest BCUT2D eigenvalue weighted by molar-refractivity contribution is 7.89. The maximum atomic E-state index is 12.2. The molecule has 0 radical (unpaired) electrons. The molecule has 0 spiro atoms. The lowest BCUT2D eigenvalue weighted by atomic mass is 10.1. The van der Waals surface area contributed by atoms with Gasteiger partial charge in [-0.1, -0.05) is 18.2 Å². The van der Waals surface area contributed by atoms with Crippen molar-refractivity contribution in [3.63, 3.8) is 0 Å². The van der Waals surface area contributed by atoms with Crippen molar-refractivity contribution in [3.05, 3.63) is 29.8 Å². The summed E-state index contributed by atoms with van der Waals surface area (Å²) in [6.45, 7) is 2.29. The minimum atomic E-state index is -3.63. The molecule has 1 atom stereocenters. The van der Waals surface area contributed by atoms with Crippen molar-refractivity contribution in [2.45, 2.75) is 19.8 Å². The molecule has 1 aliphatic heterocycles. The third-order valence-corrected chi connectivity index (χ3v) is 4.53. The fraction of sp³-hybridized carbons (Fsp3) is 0.467. The van der Waals surface area contributed by atoms with E-state index in [1.807, 2.05) is 0 Å². The Labute approximate surface area is 135 Å². The Kier molecular flexibility index (Phi) is 5.38. The van der Waals surface area contributed by atoms with Gasteiger partial charge in [0.1, 0.15) is 0 Å². The topological polar surface area (TPSA) is 107 Å². The number of nitrogens with two attached hydrogens (primary N) is 1. The normalized spacial score (nSPS) is 18.3. The molecule has 1 amide bonds. The molecular weight excluding hydrogens is 320 g/mol. The van der Waals surface area contributed by atoms with Crippen molar-refractivity contribution in [2.75, 3.05) is 23.8 Å². The Hall–Kier alpha value is -1.93. The molecule has 2 rings (SSSR count). The Morgan fingerprint density at radius 3 is 2.74 bits per heavy atom. The first-order valence-corrected chi connectivity index (χ1v) is 9.06. The number of amides is 1. The maximum Gasteiger partial charge on any atom is 0.310 e. The predicted octanol–water partition coefficient (Wildman–Crippen LogP) is 0.434. The molecule has 1 aliphatic rings. The zero-order valence-corrected chi connectivity index (χ0v) is 13.7. The van der Waals surface area contributed by atoms with E-state index in [9.17, 15) is 18.0 Å². The number of primary sulfonamides is 1. The fourth-order valence-electron chi connectivity index (χ4n) is 2.75. The number of para-hydroxylation sites is 1. The number of ether oxygens (including phenoxy) is 1. The molecule has 2 N–H and O–H groups in total. The van der Waals surface area contributed by atoms with Gasteiger partial charge in [0.2, 0.25) is 15.9 Å². The van der Waals surface area contributed by atoms with Crippen LogP contribution in [0.4, 0.5) is 5.69 Å². The summed E-state index contributed by atoms with van der Waals surface area (Å²) in [5.74, 6) is -1.11. The highest BCUT2D eigenvalue weighted by atomic mass is 32.2. The van der Waals surface area contributed by atoms with E-state index < -0.39 is 10.0 Å². The maximum absolute atomic E-state index is 12.2. The van der Waals surface area contributed by atoms with Gasteiger partial charge in [-0.05, 0) is 18.6 Å². The van der Waals surface area contributed by atoms with E-state index in [0.29, 0.717) is 17.9 Å². The van der Waals surface area contributed by atoms with E-state index >= 15 is 0 Å². The molecule has 1 heterocycles. The van der Waals surface area contributed by atoms with Gasteiger partial charge in [0.05, 0.1) is 18.8 Å². The monoisotopic (exact) mass is 340 g/mol. The molecular formula is C15H20N2O5S. The molecule has 1 aromatic rings. The lowest BCUT2D eigenvalue weighted by molar-refractivity contribution is -0.142. The first kappa shape index (κ1) is 17.4. The standard InChI is InChI=1S/C15H20N2O5S/c1-2-22-15(19)8-12-5-3-4-6-13(12)17-9-11(7-14(17)18)10-23(16,20)21/h3-6,11H,2,7-10H2,1H3,(H2,16,20,21). The molecule has 126 valence electrons. The van der Waals surface area contributed by atoms with Crippen molar-refractivity contribution in [2.24, 2.45) is 11.1 Å². The molecule has 7 nitrogen and oxygen atoms in total. The summed E-state index contributed by atoms with van der Waals surface area (Å²) in [7, 11) is -3.63. The number of rotatable bonds is 6. The van der Waals surface area contributed by atoms with E-state index in [1.165, 1.54) is 4.90 Å². The Morgan fingerprint density at radius 1 is 1.39 bits per heavy atom. The number of nitrogens with zero attached hydrogens (tertiary/aromatic N) is 1. The second-order valence-corrected chi connectivity index (χ2v) is 7.17. The van der Waals surface area contributed by atoms with Crippen molar-refractivity contribution < 1.29 is 22.7 Å². The van der Waals surface area contributed by atoms with Crippen LogP contribution in [-0.4, -0.2) is 39.2 Å². The molecule has 0 aliphatic carbocycles. The molecule has 23 heavy (non-hydrogen) atoms. The average Bonchev–Trinajstić information content (AvgIpc) is 2.78. The molecule has 0 saturated carbocycles. The van der Waals surface area contributed by atoms with Gasteiger partial charge in [0.25, 0.3) is 0 Å². The van der Waals surface area contributed by atoms with Crippen LogP contribution in [0.25, 0.3) is 0 Å². The quantitative estimate of drug-likeness (QED) is 0.756. The van der Waals surface area contributed by atoms with Crippen LogP contribution in [0.5, 0.6) is 0 Å². The summed E-state index contributed by atoms with van der Waals surface area (Å²) in [6, 6.07) is 7.04. The van der Waals surface area contributed by atoms with Crippen molar-refractivity contribution >= 4 is 27.6 Å². The van der Waals surface area contributed by atoms with Crippen LogP contribution in [0, 0.1) is 5.92 Å². The second-order valence-electron chi connectivity index (χ2n) is 5.51. The number of sulfonamides is 1. The van der Waals surface area contributed by atoms with E-state index in [2.05, 4.69) is 0 Å². The Balaban J connectivity index is 2.18. The SMILES string of the molecule is CCOC(=O)Cc1ccccc1N1CC(CS(N)(=O)=O)CC1=O. The molecule has 1 fully saturated rings. The second kappa shape index (κ2) is 7.10. The zero-order chi connectivity index (χ0) is 17.0. The van der Waals surface area contributed by atoms with Gasteiger partial charge in [0, 0.05) is 24.6 Å². The number of esters is 1. The Morgan fingerprint density at radius 2 is 2.09 bits per heavy atom. The smallest absolute Gasteiger partial charge is 0.310 e. The lowest BCUT2D eigenvalue weighted by Gasteiger charge is -2.20. The predicted molar refractivity (Wildman–Crippen MR) is 85.2 cm³/mol. The van der Waals surface area contributed by atoms with Gasteiger partial charge in [-0.2, -0.15) is 0 Å². The van der Waals surface area contributed by atoms with Gasteiger partial charge in [0.15, 0.2) is 0 Å². The number of carbonyl (C=O) groups is 2. The average molecular weight is 340 g/mol. The molecule has 1 aromatic carbocycles. The number of hydrogen-bond donors (Lipinski definition) is 1. The Bertz CT molecular complexity index is 702. The summed E-state index contributed by atoms with van der Waals surface area (Å²) in [6.07, 6.45) is 0.192. The van der Waals surface area contributed by atoms with Gasteiger partial charge >= 0.3 is 5.97 Å².